The molecular weight excluding hydrogens is 192 g/mol. The molecule has 1 aromatic rings. The normalized spacial score (nSPS) is 14.5. The van der Waals surface area contributed by atoms with E-state index in [-0.39, 0.29) is 13.0 Å². The van der Waals surface area contributed by atoms with E-state index in [0.717, 1.165) is 5.56 Å². The minimum absolute atomic E-state index is 0.273. The van der Waals surface area contributed by atoms with E-state index in [1.54, 1.807) is 0 Å². The first kappa shape index (κ1) is 11.7. The summed E-state index contributed by atoms with van der Waals surface area (Å²) < 4.78 is 0. The fraction of sp³-hybridized carbons (Fsp3) is 0.364. The average Bonchev–Trinajstić information content (AvgIpc) is 2.19. The molecule has 0 aliphatic rings. The number of hydrogen-bond donors (Lipinski definition) is 3. The predicted molar refractivity (Wildman–Crippen MR) is 58.4 cm³/mol. The van der Waals surface area contributed by atoms with Crippen LogP contribution in [0.1, 0.15) is 12.0 Å². The zero-order valence-electron chi connectivity index (χ0n) is 8.52. The lowest BCUT2D eigenvalue weighted by atomic mass is 9.89. The van der Waals surface area contributed by atoms with Crippen molar-refractivity contribution >= 4 is 5.97 Å². The third kappa shape index (κ3) is 3.04. The molecule has 0 aromatic heterocycles. The Morgan fingerprint density at radius 3 is 2.40 bits per heavy atom. The monoisotopic (exact) mass is 208 g/mol. The number of rotatable bonds is 5. The summed E-state index contributed by atoms with van der Waals surface area (Å²) in [6, 6.07) is 9.33. The van der Waals surface area contributed by atoms with Gasteiger partial charge in [0.2, 0.25) is 0 Å². The number of carboxylic acid groups (broad SMARTS) is 1. The highest BCUT2D eigenvalue weighted by Gasteiger charge is 2.33. The van der Waals surface area contributed by atoms with Crippen LogP contribution >= 0.6 is 0 Å². The molecule has 0 radical (unpaired) electrons. The number of hydrogen-bond acceptors (Lipinski definition) is 3. The van der Waals surface area contributed by atoms with Crippen LogP contribution in [0.5, 0.6) is 0 Å². The molecule has 1 rings (SSSR count). The van der Waals surface area contributed by atoms with Gasteiger partial charge >= 0.3 is 5.97 Å². The predicted octanol–water partition coefficient (Wildman–Crippen LogP) is 0.360. The summed E-state index contributed by atoms with van der Waals surface area (Å²) in [5, 5.41) is 9.04. The lowest BCUT2D eigenvalue weighted by molar-refractivity contribution is -0.143. The van der Waals surface area contributed by atoms with Crippen LogP contribution in [-0.2, 0) is 11.2 Å². The van der Waals surface area contributed by atoms with Gasteiger partial charge in [0.05, 0.1) is 0 Å². The summed E-state index contributed by atoms with van der Waals surface area (Å²) in [6.07, 6.45) is 0.581. The second-order valence-electron chi connectivity index (χ2n) is 3.66. The maximum absolute atomic E-state index is 11.0. The third-order valence-corrected chi connectivity index (χ3v) is 2.38. The van der Waals surface area contributed by atoms with Crippen LogP contribution in [0.2, 0.25) is 0 Å². The van der Waals surface area contributed by atoms with Crippen LogP contribution in [0.15, 0.2) is 30.3 Å². The van der Waals surface area contributed by atoms with E-state index in [0.29, 0.717) is 6.42 Å². The van der Waals surface area contributed by atoms with Gasteiger partial charge in [-0.2, -0.15) is 0 Å². The number of carboxylic acids is 1. The van der Waals surface area contributed by atoms with E-state index in [1.807, 2.05) is 30.3 Å². The molecular formula is C11H16N2O2. The Bertz CT molecular complexity index is 327. The summed E-state index contributed by atoms with van der Waals surface area (Å²) in [6.45, 7) is 0.273. The summed E-state index contributed by atoms with van der Waals surface area (Å²) in [5.74, 6) is -1.00. The molecule has 0 amide bonds. The fourth-order valence-electron chi connectivity index (χ4n) is 1.49. The second-order valence-corrected chi connectivity index (χ2v) is 3.66. The molecule has 0 saturated carbocycles. The Labute approximate surface area is 88.9 Å². The van der Waals surface area contributed by atoms with Gasteiger partial charge in [-0.05, 0) is 18.5 Å². The summed E-state index contributed by atoms with van der Waals surface area (Å²) in [7, 11) is 0. The van der Waals surface area contributed by atoms with Crippen molar-refractivity contribution < 1.29 is 9.90 Å². The highest BCUT2D eigenvalue weighted by molar-refractivity contribution is 5.78. The average molecular weight is 208 g/mol. The maximum Gasteiger partial charge on any atom is 0.324 e. The molecule has 15 heavy (non-hydrogen) atoms. The molecule has 0 spiro atoms. The molecule has 1 atom stereocenters. The van der Waals surface area contributed by atoms with E-state index >= 15 is 0 Å². The van der Waals surface area contributed by atoms with E-state index in [9.17, 15) is 4.79 Å². The van der Waals surface area contributed by atoms with Crippen LogP contribution in [0.4, 0.5) is 0 Å². The van der Waals surface area contributed by atoms with Crippen LogP contribution in [0.25, 0.3) is 0 Å². The fourth-order valence-corrected chi connectivity index (χ4v) is 1.49. The Kier molecular flexibility index (Phi) is 3.82. The van der Waals surface area contributed by atoms with Crippen molar-refractivity contribution in [3.8, 4) is 0 Å². The van der Waals surface area contributed by atoms with E-state index in [2.05, 4.69) is 0 Å². The molecule has 5 N–H and O–H groups in total. The molecule has 4 heteroatoms. The van der Waals surface area contributed by atoms with Crippen molar-refractivity contribution in [3.63, 3.8) is 0 Å². The van der Waals surface area contributed by atoms with Gasteiger partial charge in [0.25, 0.3) is 0 Å². The topological polar surface area (TPSA) is 89.3 Å². The smallest absolute Gasteiger partial charge is 0.324 e. The largest absolute Gasteiger partial charge is 0.480 e. The molecule has 82 valence electrons. The van der Waals surface area contributed by atoms with E-state index in [1.165, 1.54) is 0 Å². The van der Waals surface area contributed by atoms with Crippen molar-refractivity contribution in [1.82, 2.24) is 0 Å². The first-order valence-corrected chi connectivity index (χ1v) is 4.85. The lowest BCUT2D eigenvalue weighted by Crippen LogP contribution is -2.51. The summed E-state index contributed by atoms with van der Waals surface area (Å²) in [4.78, 5) is 11.0. The summed E-state index contributed by atoms with van der Waals surface area (Å²) >= 11 is 0. The molecule has 4 nitrogen and oxygen atoms in total. The van der Waals surface area contributed by atoms with Crippen molar-refractivity contribution in [1.29, 1.82) is 0 Å². The zero-order valence-corrected chi connectivity index (χ0v) is 8.52. The molecule has 0 aliphatic carbocycles. The van der Waals surface area contributed by atoms with Gasteiger partial charge in [0.15, 0.2) is 0 Å². The molecule has 1 aromatic carbocycles. The van der Waals surface area contributed by atoms with Gasteiger partial charge in [-0.25, -0.2) is 0 Å². The molecule has 0 saturated heterocycles. The quantitative estimate of drug-likeness (QED) is 0.651. The van der Waals surface area contributed by atoms with Crippen LogP contribution < -0.4 is 11.5 Å². The number of benzene rings is 1. The van der Waals surface area contributed by atoms with Gasteiger partial charge in [0, 0.05) is 6.42 Å². The SMILES string of the molecule is NCC[C@@](N)(Cc1ccccc1)C(=O)O. The van der Waals surface area contributed by atoms with Crippen LogP contribution in [-0.4, -0.2) is 23.2 Å². The number of nitrogens with two attached hydrogens (primary N) is 2. The number of aliphatic carboxylic acids is 1. The Morgan fingerprint density at radius 2 is 1.93 bits per heavy atom. The Balaban J connectivity index is 2.80. The zero-order chi connectivity index (χ0) is 11.3. The molecule has 0 unspecified atom stereocenters. The van der Waals surface area contributed by atoms with Crippen LogP contribution in [0, 0.1) is 0 Å². The minimum Gasteiger partial charge on any atom is -0.480 e. The summed E-state index contributed by atoms with van der Waals surface area (Å²) in [5.41, 5.74) is 10.8. The number of carbonyl (C=O) groups is 1. The second kappa shape index (κ2) is 4.91. The van der Waals surface area contributed by atoms with Gasteiger partial charge in [-0.15, -0.1) is 0 Å². The Morgan fingerprint density at radius 1 is 1.33 bits per heavy atom. The maximum atomic E-state index is 11.0. The highest BCUT2D eigenvalue weighted by Crippen LogP contribution is 2.14. The molecule has 0 aliphatic heterocycles. The van der Waals surface area contributed by atoms with E-state index in [4.69, 9.17) is 16.6 Å². The molecule has 0 fully saturated rings. The molecule has 0 heterocycles. The van der Waals surface area contributed by atoms with E-state index < -0.39 is 11.5 Å². The van der Waals surface area contributed by atoms with Crippen LogP contribution in [0.3, 0.4) is 0 Å². The third-order valence-electron chi connectivity index (χ3n) is 2.38. The van der Waals surface area contributed by atoms with Crippen molar-refractivity contribution in [2.75, 3.05) is 6.54 Å². The van der Waals surface area contributed by atoms with Gasteiger partial charge < -0.3 is 16.6 Å². The van der Waals surface area contributed by atoms with Crippen molar-refractivity contribution in [2.45, 2.75) is 18.4 Å². The van der Waals surface area contributed by atoms with Gasteiger partial charge in [-0.1, -0.05) is 30.3 Å². The Hall–Kier alpha value is -1.39. The minimum atomic E-state index is -1.25. The van der Waals surface area contributed by atoms with Gasteiger partial charge in [0.1, 0.15) is 5.54 Å². The standard InChI is InChI=1S/C11H16N2O2/c12-7-6-11(13,10(14)15)8-9-4-2-1-3-5-9/h1-5H,6-8,12-13H2,(H,14,15)/t11-/m1/s1. The van der Waals surface area contributed by atoms with Gasteiger partial charge in [-0.3, -0.25) is 4.79 Å². The first-order chi connectivity index (χ1) is 7.08. The highest BCUT2D eigenvalue weighted by atomic mass is 16.4. The van der Waals surface area contributed by atoms with Crippen molar-refractivity contribution in [2.24, 2.45) is 11.5 Å². The first-order valence-electron chi connectivity index (χ1n) is 4.85. The lowest BCUT2D eigenvalue weighted by Gasteiger charge is -2.24. The van der Waals surface area contributed by atoms with Crippen molar-refractivity contribution in [3.05, 3.63) is 35.9 Å². The molecule has 0 bridgehead atoms.